The lowest BCUT2D eigenvalue weighted by Crippen LogP contribution is -2.28. The smallest absolute Gasteiger partial charge is 0.126 e. The fraction of sp³-hybridized carbons (Fsp3) is 0.500. The van der Waals surface area contributed by atoms with Gasteiger partial charge in [0.1, 0.15) is 5.82 Å². The summed E-state index contributed by atoms with van der Waals surface area (Å²) in [6.07, 6.45) is -0.373. The number of rotatable bonds is 3. The Morgan fingerprint density at radius 1 is 1.38 bits per heavy atom. The van der Waals surface area contributed by atoms with E-state index in [4.69, 9.17) is 0 Å². The highest BCUT2D eigenvalue weighted by molar-refractivity contribution is 5.36. The second-order valence-corrected chi connectivity index (χ2v) is 3.34. The van der Waals surface area contributed by atoms with Crippen LogP contribution >= 0.6 is 0 Å². The van der Waals surface area contributed by atoms with Crippen LogP contribution in [0.4, 0.5) is 5.82 Å². The summed E-state index contributed by atoms with van der Waals surface area (Å²) in [6.45, 7) is 5.63. The third-order valence-corrected chi connectivity index (χ3v) is 1.99. The van der Waals surface area contributed by atoms with Crippen LogP contribution in [-0.4, -0.2) is 22.2 Å². The number of aliphatic hydroxyl groups is 1. The van der Waals surface area contributed by atoms with Crippen LogP contribution in [-0.2, 0) is 0 Å². The van der Waals surface area contributed by atoms with Gasteiger partial charge in [-0.1, -0.05) is 6.07 Å². The number of aliphatic hydroxyl groups excluding tert-OH is 1. The molecule has 3 heteroatoms. The zero-order chi connectivity index (χ0) is 9.84. The molecule has 2 N–H and O–H groups in total. The summed E-state index contributed by atoms with van der Waals surface area (Å²) in [7, 11) is 0. The lowest BCUT2D eigenvalue weighted by Gasteiger charge is -2.17. The molecule has 2 atom stereocenters. The van der Waals surface area contributed by atoms with Crippen LogP contribution in [0.25, 0.3) is 0 Å². The number of anilines is 1. The van der Waals surface area contributed by atoms with E-state index in [1.807, 2.05) is 32.0 Å². The van der Waals surface area contributed by atoms with Crippen molar-refractivity contribution in [3.8, 4) is 0 Å². The Kier molecular flexibility index (Phi) is 3.25. The molecule has 13 heavy (non-hydrogen) atoms. The molecular weight excluding hydrogens is 164 g/mol. The predicted molar refractivity (Wildman–Crippen MR) is 53.7 cm³/mol. The molecule has 0 radical (unpaired) electrons. The number of aromatic nitrogens is 1. The van der Waals surface area contributed by atoms with Crippen molar-refractivity contribution in [3.05, 3.63) is 23.9 Å². The topological polar surface area (TPSA) is 45.1 Å². The second-order valence-electron chi connectivity index (χ2n) is 3.34. The highest BCUT2D eigenvalue weighted by atomic mass is 16.3. The van der Waals surface area contributed by atoms with E-state index < -0.39 is 0 Å². The normalized spacial score (nSPS) is 15.1. The van der Waals surface area contributed by atoms with E-state index in [9.17, 15) is 5.11 Å². The molecule has 2 unspecified atom stereocenters. The maximum Gasteiger partial charge on any atom is 0.126 e. The van der Waals surface area contributed by atoms with Gasteiger partial charge >= 0.3 is 0 Å². The number of hydrogen-bond acceptors (Lipinski definition) is 3. The Balaban J connectivity index is 2.64. The van der Waals surface area contributed by atoms with Gasteiger partial charge in [-0.3, -0.25) is 0 Å². The van der Waals surface area contributed by atoms with Crippen LogP contribution in [0.2, 0.25) is 0 Å². The van der Waals surface area contributed by atoms with Gasteiger partial charge in [-0.25, -0.2) is 4.98 Å². The quantitative estimate of drug-likeness (QED) is 0.742. The molecule has 1 aromatic heterocycles. The molecule has 0 fully saturated rings. The summed E-state index contributed by atoms with van der Waals surface area (Å²) in [4.78, 5) is 4.27. The molecule has 0 aliphatic rings. The Morgan fingerprint density at radius 2 is 2.08 bits per heavy atom. The van der Waals surface area contributed by atoms with Gasteiger partial charge in [0.25, 0.3) is 0 Å². The van der Waals surface area contributed by atoms with Crippen molar-refractivity contribution >= 4 is 5.82 Å². The first kappa shape index (κ1) is 9.99. The molecule has 0 aromatic carbocycles. The van der Waals surface area contributed by atoms with Gasteiger partial charge in [-0.2, -0.15) is 0 Å². The summed E-state index contributed by atoms with van der Waals surface area (Å²) in [5.74, 6) is 0.813. The number of pyridine rings is 1. The maximum atomic E-state index is 9.26. The highest BCUT2D eigenvalue weighted by Gasteiger charge is 2.08. The zero-order valence-corrected chi connectivity index (χ0v) is 8.28. The first-order chi connectivity index (χ1) is 6.09. The van der Waals surface area contributed by atoms with Crippen molar-refractivity contribution in [2.45, 2.75) is 32.9 Å². The lowest BCUT2D eigenvalue weighted by molar-refractivity contribution is 0.177. The molecule has 1 rings (SSSR count). The SMILES string of the molecule is Cc1cccc(NC(C)C(C)O)n1. The Labute approximate surface area is 78.8 Å². The molecular formula is C10H16N2O. The van der Waals surface area contributed by atoms with E-state index in [0.29, 0.717) is 0 Å². The second kappa shape index (κ2) is 4.23. The van der Waals surface area contributed by atoms with Crippen LogP contribution in [0.15, 0.2) is 18.2 Å². The Hall–Kier alpha value is -1.09. The fourth-order valence-corrected chi connectivity index (χ4v) is 0.977. The molecule has 0 aliphatic heterocycles. The maximum absolute atomic E-state index is 9.26. The molecule has 0 amide bonds. The van der Waals surface area contributed by atoms with Crippen LogP contribution in [0, 0.1) is 6.92 Å². The third-order valence-electron chi connectivity index (χ3n) is 1.99. The standard InChI is InChI=1S/C10H16N2O/c1-7-5-4-6-10(11-7)12-8(2)9(3)13/h4-6,8-9,13H,1-3H3,(H,11,12). The minimum atomic E-state index is -0.373. The first-order valence-electron chi connectivity index (χ1n) is 4.48. The molecule has 0 aliphatic carbocycles. The summed E-state index contributed by atoms with van der Waals surface area (Å²) < 4.78 is 0. The third kappa shape index (κ3) is 3.03. The van der Waals surface area contributed by atoms with Gasteiger partial charge in [0.05, 0.1) is 12.1 Å². The van der Waals surface area contributed by atoms with E-state index in [1.165, 1.54) is 0 Å². The molecule has 0 spiro atoms. The van der Waals surface area contributed by atoms with Crippen LogP contribution in [0.5, 0.6) is 0 Å². The fourth-order valence-electron chi connectivity index (χ4n) is 0.977. The summed E-state index contributed by atoms with van der Waals surface area (Å²) >= 11 is 0. The van der Waals surface area contributed by atoms with Gasteiger partial charge in [0, 0.05) is 5.69 Å². The van der Waals surface area contributed by atoms with Crippen molar-refractivity contribution in [3.63, 3.8) is 0 Å². The van der Waals surface area contributed by atoms with Crippen molar-refractivity contribution in [1.29, 1.82) is 0 Å². The van der Waals surface area contributed by atoms with Crippen LogP contribution in [0.3, 0.4) is 0 Å². The largest absolute Gasteiger partial charge is 0.391 e. The molecule has 1 aromatic rings. The molecule has 3 nitrogen and oxygen atoms in total. The van der Waals surface area contributed by atoms with Gasteiger partial charge in [0.2, 0.25) is 0 Å². The van der Waals surface area contributed by atoms with E-state index in [2.05, 4.69) is 10.3 Å². The van der Waals surface area contributed by atoms with E-state index in [1.54, 1.807) is 6.92 Å². The van der Waals surface area contributed by atoms with E-state index in [0.717, 1.165) is 11.5 Å². The number of nitrogens with one attached hydrogen (secondary N) is 1. The van der Waals surface area contributed by atoms with Crippen molar-refractivity contribution < 1.29 is 5.11 Å². The summed E-state index contributed by atoms with van der Waals surface area (Å²) in [5, 5.41) is 12.4. The summed E-state index contributed by atoms with van der Waals surface area (Å²) in [6, 6.07) is 5.80. The number of nitrogens with zero attached hydrogens (tertiary/aromatic N) is 1. The van der Waals surface area contributed by atoms with Gasteiger partial charge in [0.15, 0.2) is 0 Å². The molecule has 0 saturated carbocycles. The van der Waals surface area contributed by atoms with Crippen molar-refractivity contribution in [1.82, 2.24) is 4.98 Å². The van der Waals surface area contributed by atoms with Gasteiger partial charge in [-0.15, -0.1) is 0 Å². The average molecular weight is 180 g/mol. The highest BCUT2D eigenvalue weighted by Crippen LogP contribution is 2.06. The molecule has 0 saturated heterocycles. The van der Waals surface area contributed by atoms with Gasteiger partial charge < -0.3 is 10.4 Å². The van der Waals surface area contributed by atoms with Gasteiger partial charge in [-0.05, 0) is 32.9 Å². The molecule has 0 bridgehead atoms. The first-order valence-corrected chi connectivity index (χ1v) is 4.48. The average Bonchev–Trinajstić information content (AvgIpc) is 2.04. The zero-order valence-electron chi connectivity index (χ0n) is 8.28. The van der Waals surface area contributed by atoms with Crippen LogP contribution in [0.1, 0.15) is 19.5 Å². The molecule has 1 heterocycles. The molecule has 72 valence electrons. The Bertz CT molecular complexity index is 273. The van der Waals surface area contributed by atoms with Crippen molar-refractivity contribution in [2.75, 3.05) is 5.32 Å². The lowest BCUT2D eigenvalue weighted by atomic mass is 10.2. The monoisotopic (exact) mass is 180 g/mol. The van der Waals surface area contributed by atoms with E-state index in [-0.39, 0.29) is 12.1 Å². The van der Waals surface area contributed by atoms with E-state index >= 15 is 0 Å². The minimum absolute atomic E-state index is 0.0225. The summed E-state index contributed by atoms with van der Waals surface area (Å²) in [5.41, 5.74) is 0.975. The van der Waals surface area contributed by atoms with Crippen LogP contribution < -0.4 is 5.32 Å². The number of aryl methyl sites for hydroxylation is 1. The predicted octanol–water partition coefficient (Wildman–Crippen LogP) is 1.57. The van der Waals surface area contributed by atoms with Crippen molar-refractivity contribution in [2.24, 2.45) is 0 Å². The minimum Gasteiger partial charge on any atom is -0.391 e. The Morgan fingerprint density at radius 3 is 2.62 bits per heavy atom. The number of hydrogen-bond donors (Lipinski definition) is 2.